The van der Waals surface area contributed by atoms with E-state index in [4.69, 9.17) is 23.2 Å². The summed E-state index contributed by atoms with van der Waals surface area (Å²) in [7, 11) is 0. The summed E-state index contributed by atoms with van der Waals surface area (Å²) in [5.74, 6) is -2.45. The molecule has 3 rings (SSSR count). The summed E-state index contributed by atoms with van der Waals surface area (Å²) >= 11 is 12.0. The lowest BCUT2D eigenvalue weighted by atomic mass is 10.1. The number of rotatable bonds is 3. The molecule has 4 nitrogen and oxygen atoms in total. The highest BCUT2D eigenvalue weighted by atomic mass is 35.5. The van der Waals surface area contributed by atoms with E-state index >= 15 is 0 Å². The molecule has 1 heterocycles. The molecule has 8 heteroatoms. The van der Waals surface area contributed by atoms with Gasteiger partial charge in [-0.2, -0.15) is 0 Å². The van der Waals surface area contributed by atoms with Crippen molar-refractivity contribution in [3.05, 3.63) is 63.6 Å². The molecule has 0 aromatic heterocycles. The zero-order valence-electron chi connectivity index (χ0n) is 13.4. The smallest absolute Gasteiger partial charge is 0.256 e. The van der Waals surface area contributed by atoms with E-state index in [1.807, 2.05) is 0 Å². The summed E-state index contributed by atoms with van der Waals surface area (Å²) in [4.78, 5) is 26.7. The molecule has 0 unspecified atom stereocenters. The summed E-state index contributed by atoms with van der Waals surface area (Å²) in [6, 6.07) is 6.46. The zero-order chi connectivity index (χ0) is 18.8. The summed E-state index contributed by atoms with van der Waals surface area (Å²) in [6.07, 6.45) is 1.01. The third-order valence-corrected chi connectivity index (χ3v) is 4.73. The van der Waals surface area contributed by atoms with Crippen molar-refractivity contribution in [1.29, 1.82) is 0 Å². The average molecular weight is 399 g/mol. The Morgan fingerprint density at radius 3 is 2.65 bits per heavy atom. The normalized spacial score (nSPS) is 16.6. The van der Waals surface area contributed by atoms with Crippen molar-refractivity contribution in [2.45, 2.75) is 18.9 Å². The number of benzene rings is 2. The maximum Gasteiger partial charge on any atom is 0.256 e. The van der Waals surface area contributed by atoms with Crippen LogP contribution in [0, 0.1) is 11.6 Å². The van der Waals surface area contributed by atoms with Crippen LogP contribution in [0.5, 0.6) is 0 Å². The van der Waals surface area contributed by atoms with E-state index in [1.165, 1.54) is 17.0 Å². The number of halogens is 4. The topological polar surface area (TPSA) is 49.4 Å². The minimum atomic E-state index is -0.805. The molecule has 2 amide bonds. The third-order valence-electron chi connectivity index (χ3n) is 4.16. The second-order valence-electron chi connectivity index (χ2n) is 5.89. The number of carbonyl (C=O) groups excluding carboxylic acids is 2. The first-order valence-corrected chi connectivity index (χ1v) is 8.64. The van der Waals surface area contributed by atoms with E-state index in [0.29, 0.717) is 24.4 Å². The van der Waals surface area contributed by atoms with Gasteiger partial charge >= 0.3 is 0 Å². The molecule has 1 atom stereocenters. The van der Waals surface area contributed by atoms with Crippen molar-refractivity contribution in [3.63, 3.8) is 0 Å². The van der Waals surface area contributed by atoms with Crippen molar-refractivity contribution in [1.82, 2.24) is 4.90 Å². The number of hydrogen-bond acceptors (Lipinski definition) is 2. The Morgan fingerprint density at radius 1 is 1.12 bits per heavy atom. The molecule has 0 spiro atoms. The van der Waals surface area contributed by atoms with E-state index < -0.39 is 29.5 Å². The molecule has 1 N–H and O–H groups in total. The fourth-order valence-corrected chi connectivity index (χ4v) is 3.28. The largest absolute Gasteiger partial charge is 0.327 e. The van der Waals surface area contributed by atoms with Gasteiger partial charge in [-0.15, -0.1) is 0 Å². The van der Waals surface area contributed by atoms with Gasteiger partial charge in [-0.1, -0.05) is 23.2 Å². The number of nitrogens with one attached hydrogen (secondary N) is 1. The molecule has 0 aliphatic carbocycles. The molecular weight excluding hydrogens is 385 g/mol. The Bertz CT molecular complexity index is 876. The van der Waals surface area contributed by atoms with Crippen LogP contribution < -0.4 is 5.32 Å². The molecule has 2 aromatic carbocycles. The summed E-state index contributed by atoms with van der Waals surface area (Å²) < 4.78 is 27.0. The van der Waals surface area contributed by atoms with Crippen molar-refractivity contribution >= 4 is 40.7 Å². The summed E-state index contributed by atoms with van der Waals surface area (Å²) in [5.41, 5.74) is -0.0779. The van der Waals surface area contributed by atoms with Gasteiger partial charge in [-0.3, -0.25) is 9.59 Å². The van der Waals surface area contributed by atoms with Crippen LogP contribution in [0.25, 0.3) is 0 Å². The van der Waals surface area contributed by atoms with Crippen LogP contribution in [-0.2, 0) is 4.79 Å². The van der Waals surface area contributed by atoms with E-state index in [0.717, 1.165) is 18.2 Å². The molecule has 1 aliphatic rings. The van der Waals surface area contributed by atoms with Crippen LogP contribution in [0.1, 0.15) is 23.2 Å². The van der Waals surface area contributed by atoms with Gasteiger partial charge in [-0.25, -0.2) is 8.78 Å². The van der Waals surface area contributed by atoms with Gasteiger partial charge in [0.05, 0.1) is 16.3 Å². The van der Waals surface area contributed by atoms with Gasteiger partial charge in [-0.05, 0) is 43.2 Å². The van der Waals surface area contributed by atoms with Crippen LogP contribution in [0.15, 0.2) is 36.4 Å². The molecule has 2 aromatic rings. The van der Waals surface area contributed by atoms with Gasteiger partial charge in [0.25, 0.3) is 5.91 Å². The molecular formula is C18H14Cl2F2N2O2. The number of likely N-dealkylation sites (tertiary alicyclic amines) is 1. The first-order chi connectivity index (χ1) is 12.4. The van der Waals surface area contributed by atoms with Gasteiger partial charge in [0, 0.05) is 17.6 Å². The first kappa shape index (κ1) is 18.6. The predicted octanol–water partition coefficient (Wildman–Crippen LogP) is 4.51. The number of amides is 2. The van der Waals surface area contributed by atoms with E-state index in [-0.39, 0.29) is 16.3 Å². The van der Waals surface area contributed by atoms with Crippen LogP contribution in [0.3, 0.4) is 0 Å². The predicted molar refractivity (Wildman–Crippen MR) is 95.5 cm³/mol. The highest BCUT2D eigenvalue weighted by Crippen LogP contribution is 2.27. The van der Waals surface area contributed by atoms with Gasteiger partial charge < -0.3 is 10.2 Å². The lowest BCUT2D eigenvalue weighted by Crippen LogP contribution is -2.43. The molecule has 26 heavy (non-hydrogen) atoms. The van der Waals surface area contributed by atoms with E-state index in [1.54, 1.807) is 6.07 Å². The van der Waals surface area contributed by atoms with Crippen molar-refractivity contribution in [3.8, 4) is 0 Å². The highest BCUT2D eigenvalue weighted by Gasteiger charge is 2.35. The molecule has 0 bridgehead atoms. The Balaban J connectivity index is 1.81. The fraction of sp³-hybridized carbons (Fsp3) is 0.222. The number of carbonyl (C=O) groups is 2. The maximum atomic E-state index is 13.7. The summed E-state index contributed by atoms with van der Waals surface area (Å²) in [5, 5.41) is 2.92. The van der Waals surface area contributed by atoms with Crippen LogP contribution in [0.4, 0.5) is 14.5 Å². The monoisotopic (exact) mass is 398 g/mol. The minimum Gasteiger partial charge on any atom is -0.327 e. The molecule has 136 valence electrons. The Kier molecular flexibility index (Phi) is 5.44. The Labute approximate surface area is 158 Å². The number of anilines is 1. The van der Waals surface area contributed by atoms with Crippen LogP contribution >= 0.6 is 23.2 Å². The van der Waals surface area contributed by atoms with E-state index in [2.05, 4.69) is 5.32 Å². The lowest BCUT2D eigenvalue weighted by molar-refractivity contribution is -0.119. The molecule has 1 saturated heterocycles. The number of nitrogens with zero attached hydrogens (tertiary/aromatic N) is 1. The standard InChI is InChI=1S/C18H14Cl2F2N2O2/c19-10-3-5-13(20)12(8-10)18(26)24-7-1-2-16(24)17(25)23-15-9-11(21)4-6-14(15)22/h3-6,8-9,16H,1-2,7H2,(H,23,25)/t16-/m1/s1. The molecule has 0 saturated carbocycles. The van der Waals surface area contributed by atoms with Gasteiger partial charge in [0.1, 0.15) is 17.7 Å². The second-order valence-corrected chi connectivity index (χ2v) is 6.74. The van der Waals surface area contributed by atoms with Crippen molar-refractivity contribution in [2.75, 3.05) is 11.9 Å². The molecule has 1 aliphatic heterocycles. The molecule has 1 fully saturated rings. The Hall–Kier alpha value is -2.18. The third kappa shape index (κ3) is 3.81. The van der Waals surface area contributed by atoms with Gasteiger partial charge in [0.15, 0.2) is 0 Å². The minimum absolute atomic E-state index is 0.191. The maximum absolute atomic E-state index is 13.7. The van der Waals surface area contributed by atoms with Crippen molar-refractivity contribution < 1.29 is 18.4 Å². The van der Waals surface area contributed by atoms with Gasteiger partial charge in [0.2, 0.25) is 5.91 Å². The fourth-order valence-electron chi connectivity index (χ4n) is 2.91. The lowest BCUT2D eigenvalue weighted by Gasteiger charge is -2.24. The van der Waals surface area contributed by atoms with Crippen LogP contribution in [0.2, 0.25) is 10.0 Å². The highest BCUT2D eigenvalue weighted by molar-refractivity contribution is 6.35. The average Bonchev–Trinajstić information content (AvgIpc) is 3.09. The Morgan fingerprint density at radius 2 is 1.88 bits per heavy atom. The molecule has 0 radical (unpaired) electrons. The van der Waals surface area contributed by atoms with E-state index in [9.17, 15) is 18.4 Å². The number of hydrogen-bond donors (Lipinski definition) is 1. The summed E-state index contributed by atoms with van der Waals surface area (Å²) in [6.45, 7) is 0.353. The van der Waals surface area contributed by atoms with Crippen molar-refractivity contribution in [2.24, 2.45) is 0 Å². The second kappa shape index (κ2) is 7.60. The quantitative estimate of drug-likeness (QED) is 0.826. The zero-order valence-corrected chi connectivity index (χ0v) is 15.0. The SMILES string of the molecule is O=C(Nc1cc(F)ccc1F)[C@H]1CCCN1C(=O)c1cc(Cl)ccc1Cl. The van der Waals surface area contributed by atoms with Crippen LogP contribution in [-0.4, -0.2) is 29.3 Å². The first-order valence-electron chi connectivity index (χ1n) is 7.89.